The molecule has 0 saturated heterocycles. The van der Waals surface area contributed by atoms with E-state index in [4.69, 9.17) is 9.47 Å². The second-order valence-corrected chi connectivity index (χ2v) is 9.79. The maximum atomic E-state index is 13.4. The van der Waals surface area contributed by atoms with Crippen molar-refractivity contribution >= 4 is 27.5 Å². The largest absolute Gasteiger partial charge is 0.454 e. The Labute approximate surface area is 194 Å². The Morgan fingerprint density at radius 3 is 2.39 bits per heavy atom. The van der Waals surface area contributed by atoms with E-state index >= 15 is 0 Å². The van der Waals surface area contributed by atoms with E-state index in [-0.39, 0.29) is 24.9 Å². The SMILES string of the molecule is CCNC(=O)[C@H](C)N(Cc1ccc(C)cc1)C(=O)CN(c1ccc2c(c1)OCO2)S(C)(=O)=O. The van der Waals surface area contributed by atoms with Crippen molar-refractivity contribution in [2.45, 2.75) is 33.4 Å². The molecular formula is C23H29N3O6S. The van der Waals surface area contributed by atoms with Crippen molar-refractivity contribution in [3.63, 3.8) is 0 Å². The molecule has 1 aliphatic heterocycles. The molecular weight excluding hydrogens is 446 g/mol. The lowest BCUT2D eigenvalue weighted by molar-refractivity contribution is -0.139. The number of fused-ring (bicyclic) bond motifs is 1. The number of hydrogen-bond acceptors (Lipinski definition) is 6. The van der Waals surface area contributed by atoms with E-state index in [0.29, 0.717) is 18.0 Å². The normalized spacial score (nSPS) is 13.3. The van der Waals surface area contributed by atoms with Gasteiger partial charge in [0.1, 0.15) is 12.6 Å². The molecule has 1 aliphatic rings. The lowest BCUT2D eigenvalue weighted by Gasteiger charge is -2.31. The molecule has 10 heteroatoms. The summed E-state index contributed by atoms with van der Waals surface area (Å²) in [5.74, 6) is 0.0922. The quantitative estimate of drug-likeness (QED) is 0.595. The van der Waals surface area contributed by atoms with Crippen molar-refractivity contribution in [1.29, 1.82) is 0 Å². The number of anilines is 1. The van der Waals surface area contributed by atoms with Crippen LogP contribution in [0.5, 0.6) is 11.5 Å². The highest BCUT2D eigenvalue weighted by atomic mass is 32.2. The number of sulfonamides is 1. The van der Waals surface area contributed by atoms with Crippen LogP contribution in [-0.4, -0.2) is 57.3 Å². The molecule has 2 amide bonds. The molecule has 33 heavy (non-hydrogen) atoms. The number of nitrogens with zero attached hydrogens (tertiary/aromatic N) is 2. The lowest BCUT2D eigenvalue weighted by atomic mass is 10.1. The van der Waals surface area contributed by atoms with Crippen LogP contribution in [0.25, 0.3) is 0 Å². The van der Waals surface area contributed by atoms with Crippen LogP contribution in [0.1, 0.15) is 25.0 Å². The van der Waals surface area contributed by atoms with Gasteiger partial charge in [-0.15, -0.1) is 0 Å². The maximum absolute atomic E-state index is 13.4. The zero-order valence-electron chi connectivity index (χ0n) is 19.2. The number of likely N-dealkylation sites (N-methyl/N-ethyl adjacent to an activating group) is 1. The number of carbonyl (C=O) groups excluding carboxylic acids is 2. The molecule has 0 radical (unpaired) electrons. The smallest absolute Gasteiger partial charge is 0.244 e. The first-order valence-corrected chi connectivity index (χ1v) is 12.4. The fourth-order valence-electron chi connectivity index (χ4n) is 3.45. The number of carbonyl (C=O) groups is 2. The molecule has 0 spiro atoms. The van der Waals surface area contributed by atoms with Gasteiger partial charge in [-0.25, -0.2) is 8.42 Å². The average molecular weight is 476 g/mol. The highest BCUT2D eigenvalue weighted by molar-refractivity contribution is 7.92. The summed E-state index contributed by atoms with van der Waals surface area (Å²) < 4.78 is 36.8. The minimum atomic E-state index is -3.81. The zero-order chi connectivity index (χ0) is 24.2. The molecule has 0 saturated carbocycles. The van der Waals surface area contributed by atoms with E-state index in [0.717, 1.165) is 21.7 Å². The Morgan fingerprint density at radius 1 is 1.09 bits per heavy atom. The van der Waals surface area contributed by atoms with Crippen molar-refractivity contribution < 1.29 is 27.5 Å². The predicted molar refractivity (Wildman–Crippen MR) is 125 cm³/mol. The maximum Gasteiger partial charge on any atom is 0.244 e. The first kappa shape index (κ1) is 24.4. The fraction of sp³-hybridized carbons (Fsp3) is 0.391. The van der Waals surface area contributed by atoms with Crippen LogP contribution in [-0.2, 0) is 26.2 Å². The highest BCUT2D eigenvalue weighted by Gasteiger charge is 2.30. The minimum absolute atomic E-state index is 0.0466. The molecule has 2 aromatic carbocycles. The number of rotatable bonds is 9. The third-order valence-electron chi connectivity index (χ3n) is 5.32. The Balaban J connectivity index is 1.90. The van der Waals surface area contributed by atoms with Gasteiger partial charge in [0.05, 0.1) is 11.9 Å². The topological polar surface area (TPSA) is 105 Å². The molecule has 2 aromatic rings. The van der Waals surface area contributed by atoms with Crippen molar-refractivity contribution in [1.82, 2.24) is 10.2 Å². The summed E-state index contributed by atoms with van der Waals surface area (Å²) in [5, 5.41) is 2.72. The number of ether oxygens (including phenoxy) is 2. The third kappa shape index (κ3) is 5.95. The summed E-state index contributed by atoms with van der Waals surface area (Å²) in [5.41, 5.74) is 2.18. The van der Waals surface area contributed by atoms with Gasteiger partial charge in [-0.2, -0.15) is 0 Å². The van der Waals surface area contributed by atoms with Gasteiger partial charge in [-0.3, -0.25) is 13.9 Å². The second kappa shape index (κ2) is 10.1. The Hall–Kier alpha value is -3.27. The Kier molecular flexibility index (Phi) is 7.47. The Morgan fingerprint density at radius 2 is 1.76 bits per heavy atom. The van der Waals surface area contributed by atoms with Gasteiger partial charge in [0, 0.05) is 19.2 Å². The third-order valence-corrected chi connectivity index (χ3v) is 6.46. The summed E-state index contributed by atoms with van der Waals surface area (Å²) in [7, 11) is -3.81. The number of hydrogen-bond donors (Lipinski definition) is 1. The van der Waals surface area contributed by atoms with Gasteiger partial charge in [0.25, 0.3) is 0 Å². The molecule has 1 heterocycles. The molecule has 178 valence electrons. The lowest BCUT2D eigenvalue weighted by Crippen LogP contribution is -2.51. The van der Waals surface area contributed by atoms with Crippen LogP contribution in [0, 0.1) is 6.92 Å². The number of nitrogens with one attached hydrogen (secondary N) is 1. The molecule has 0 fully saturated rings. The first-order chi connectivity index (χ1) is 15.6. The van der Waals surface area contributed by atoms with Gasteiger partial charge in [0.2, 0.25) is 28.6 Å². The van der Waals surface area contributed by atoms with Gasteiger partial charge in [-0.05, 0) is 38.5 Å². The van der Waals surface area contributed by atoms with Gasteiger partial charge >= 0.3 is 0 Å². The molecule has 1 atom stereocenters. The molecule has 1 N–H and O–H groups in total. The van der Waals surface area contributed by atoms with E-state index in [1.54, 1.807) is 26.0 Å². The number of amides is 2. The van der Waals surface area contributed by atoms with Crippen molar-refractivity contribution in [2.24, 2.45) is 0 Å². The van der Waals surface area contributed by atoms with Crippen LogP contribution < -0.4 is 19.1 Å². The highest BCUT2D eigenvalue weighted by Crippen LogP contribution is 2.36. The summed E-state index contributed by atoms with van der Waals surface area (Å²) in [4.78, 5) is 27.3. The molecule has 0 aromatic heterocycles. The predicted octanol–water partition coefficient (Wildman–Crippen LogP) is 2.04. The summed E-state index contributed by atoms with van der Waals surface area (Å²) in [6.07, 6.45) is 1.03. The first-order valence-electron chi connectivity index (χ1n) is 10.6. The van der Waals surface area contributed by atoms with Crippen molar-refractivity contribution in [2.75, 3.05) is 30.4 Å². The molecule has 9 nitrogen and oxygen atoms in total. The van der Waals surface area contributed by atoms with Crippen LogP contribution in [0.2, 0.25) is 0 Å². The molecule has 3 rings (SSSR count). The fourth-order valence-corrected chi connectivity index (χ4v) is 4.29. The van der Waals surface area contributed by atoms with E-state index in [1.807, 2.05) is 31.2 Å². The van der Waals surface area contributed by atoms with Crippen molar-refractivity contribution in [3.05, 3.63) is 53.6 Å². The van der Waals surface area contributed by atoms with E-state index in [1.165, 1.54) is 11.0 Å². The summed E-state index contributed by atoms with van der Waals surface area (Å²) in [6, 6.07) is 11.5. The van der Waals surface area contributed by atoms with E-state index in [2.05, 4.69) is 5.32 Å². The second-order valence-electron chi connectivity index (χ2n) is 7.88. The number of benzene rings is 2. The monoisotopic (exact) mass is 475 g/mol. The molecule has 0 aliphatic carbocycles. The van der Waals surface area contributed by atoms with Crippen LogP contribution in [0.3, 0.4) is 0 Å². The zero-order valence-corrected chi connectivity index (χ0v) is 20.0. The average Bonchev–Trinajstić information content (AvgIpc) is 3.23. The summed E-state index contributed by atoms with van der Waals surface area (Å²) in [6.45, 7) is 5.54. The van der Waals surface area contributed by atoms with Gasteiger partial charge < -0.3 is 19.7 Å². The van der Waals surface area contributed by atoms with Crippen LogP contribution >= 0.6 is 0 Å². The minimum Gasteiger partial charge on any atom is -0.454 e. The number of aryl methyl sites for hydroxylation is 1. The molecule has 0 bridgehead atoms. The van der Waals surface area contributed by atoms with E-state index < -0.39 is 28.5 Å². The Bertz CT molecular complexity index is 1120. The van der Waals surface area contributed by atoms with Crippen molar-refractivity contribution in [3.8, 4) is 11.5 Å². The summed E-state index contributed by atoms with van der Waals surface area (Å²) >= 11 is 0. The van der Waals surface area contributed by atoms with Crippen LogP contribution in [0.15, 0.2) is 42.5 Å². The standard InChI is InChI=1S/C23H29N3O6S/c1-5-24-23(28)17(3)25(13-18-8-6-16(2)7-9-18)22(27)14-26(33(4,29)30)19-10-11-20-21(12-19)32-15-31-20/h6-12,17H,5,13-15H2,1-4H3,(H,24,28)/t17-/m0/s1. The van der Waals surface area contributed by atoms with Gasteiger partial charge in [-0.1, -0.05) is 29.8 Å². The molecule has 0 unspecified atom stereocenters. The van der Waals surface area contributed by atoms with Gasteiger partial charge in [0.15, 0.2) is 11.5 Å². The van der Waals surface area contributed by atoms with E-state index in [9.17, 15) is 18.0 Å². The van der Waals surface area contributed by atoms with Crippen LogP contribution in [0.4, 0.5) is 5.69 Å².